The summed E-state index contributed by atoms with van der Waals surface area (Å²) in [5.41, 5.74) is 1.20. The highest BCUT2D eigenvalue weighted by Crippen LogP contribution is 2.30. The molecule has 2 rings (SSSR count). The molecule has 0 aliphatic carbocycles. The SMILES string of the molecule is COCC(NCC1Cc2cc(Cl)ccc2O1)C(C)C. The fraction of sp³-hybridized carbons (Fsp3) is 0.600. The molecule has 0 fully saturated rings. The molecule has 1 heterocycles. The summed E-state index contributed by atoms with van der Waals surface area (Å²) in [5, 5.41) is 4.30. The number of hydrogen-bond donors (Lipinski definition) is 1. The van der Waals surface area contributed by atoms with Crippen LogP contribution >= 0.6 is 11.6 Å². The largest absolute Gasteiger partial charge is 0.488 e. The summed E-state index contributed by atoms with van der Waals surface area (Å²) in [4.78, 5) is 0. The minimum absolute atomic E-state index is 0.187. The van der Waals surface area contributed by atoms with Crippen LogP contribution in [0.2, 0.25) is 5.02 Å². The van der Waals surface area contributed by atoms with E-state index in [2.05, 4.69) is 19.2 Å². The highest BCUT2D eigenvalue weighted by molar-refractivity contribution is 6.30. The average Bonchev–Trinajstić information content (AvgIpc) is 2.75. The summed E-state index contributed by atoms with van der Waals surface area (Å²) in [5.74, 6) is 1.50. The second kappa shape index (κ2) is 6.60. The zero-order valence-electron chi connectivity index (χ0n) is 11.8. The third-order valence-corrected chi connectivity index (χ3v) is 3.76. The molecule has 2 atom stereocenters. The lowest BCUT2D eigenvalue weighted by molar-refractivity contribution is 0.136. The van der Waals surface area contributed by atoms with E-state index >= 15 is 0 Å². The number of ether oxygens (including phenoxy) is 2. The van der Waals surface area contributed by atoms with E-state index in [1.54, 1.807) is 7.11 Å². The molecule has 1 aromatic rings. The predicted molar refractivity (Wildman–Crippen MR) is 78.1 cm³/mol. The van der Waals surface area contributed by atoms with Gasteiger partial charge in [0.15, 0.2) is 0 Å². The molecule has 19 heavy (non-hydrogen) atoms. The van der Waals surface area contributed by atoms with Crippen LogP contribution in [0.3, 0.4) is 0 Å². The average molecular weight is 284 g/mol. The molecular weight excluding hydrogens is 262 g/mol. The maximum atomic E-state index is 5.99. The Labute approximate surface area is 120 Å². The van der Waals surface area contributed by atoms with E-state index in [1.807, 2.05) is 18.2 Å². The molecule has 1 N–H and O–H groups in total. The fourth-order valence-electron chi connectivity index (χ4n) is 2.35. The van der Waals surface area contributed by atoms with Gasteiger partial charge in [-0.25, -0.2) is 0 Å². The van der Waals surface area contributed by atoms with Gasteiger partial charge in [0.25, 0.3) is 0 Å². The monoisotopic (exact) mass is 283 g/mol. The molecule has 0 saturated carbocycles. The van der Waals surface area contributed by atoms with Gasteiger partial charge in [-0.1, -0.05) is 25.4 Å². The first-order valence-electron chi connectivity index (χ1n) is 6.77. The van der Waals surface area contributed by atoms with E-state index < -0.39 is 0 Å². The van der Waals surface area contributed by atoms with Crippen LogP contribution in [-0.2, 0) is 11.2 Å². The van der Waals surface area contributed by atoms with Gasteiger partial charge in [-0.15, -0.1) is 0 Å². The summed E-state index contributed by atoms with van der Waals surface area (Å²) in [6.45, 7) is 5.95. The lowest BCUT2D eigenvalue weighted by atomic mass is 10.0. The van der Waals surface area contributed by atoms with Crippen LogP contribution < -0.4 is 10.1 Å². The molecule has 106 valence electrons. The first-order valence-corrected chi connectivity index (χ1v) is 7.15. The zero-order chi connectivity index (χ0) is 13.8. The predicted octanol–water partition coefficient (Wildman–Crippen LogP) is 2.90. The molecule has 1 aliphatic rings. The van der Waals surface area contributed by atoms with Crippen molar-refractivity contribution in [2.45, 2.75) is 32.4 Å². The highest BCUT2D eigenvalue weighted by Gasteiger charge is 2.24. The number of hydrogen-bond acceptors (Lipinski definition) is 3. The van der Waals surface area contributed by atoms with E-state index in [4.69, 9.17) is 21.1 Å². The van der Waals surface area contributed by atoms with Crippen LogP contribution in [0.4, 0.5) is 0 Å². The van der Waals surface area contributed by atoms with E-state index in [-0.39, 0.29) is 6.10 Å². The Kier molecular flexibility index (Phi) is 5.08. The second-order valence-corrected chi connectivity index (χ2v) is 5.85. The van der Waals surface area contributed by atoms with Gasteiger partial charge in [-0.2, -0.15) is 0 Å². The fourth-order valence-corrected chi connectivity index (χ4v) is 2.55. The maximum absolute atomic E-state index is 5.99. The molecular formula is C15H22ClNO2. The Bertz CT molecular complexity index is 423. The van der Waals surface area contributed by atoms with Gasteiger partial charge in [0.05, 0.1) is 6.61 Å². The first kappa shape index (κ1) is 14.6. The number of rotatable bonds is 6. The molecule has 0 amide bonds. The van der Waals surface area contributed by atoms with Crippen molar-refractivity contribution in [3.63, 3.8) is 0 Å². The minimum atomic E-state index is 0.187. The summed E-state index contributed by atoms with van der Waals surface area (Å²) in [6, 6.07) is 6.18. The van der Waals surface area contributed by atoms with Gasteiger partial charge in [-0.05, 0) is 29.7 Å². The standard InChI is InChI=1S/C15H22ClNO2/c1-10(2)14(9-18-3)17-8-13-7-11-6-12(16)4-5-15(11)19-13/h4-6,10,13-14,17H,7-9H2,1-3H3. The first-order chi connectivity index (χ1) is 9.10. The molecule has 1 aromatic carbocycles. The van der Waals surface area contributed by atoms with Gasteiger partial charge < -0.3 is 14.8 Å². The van der Waals surface area contributed by atoms with Crippen molar-refractivity contribution < 1.29 is 9.47 Å². The molecule has 0 spiro atoms. The summed E-state index contributed by atoms with van der Waals surface area (Å²) in [7, 11) is 1.74. The molecule has 4 heteroatoms. The van der Waals surface area contributed by atoms with Crippen molar-refractivity contribution in [2.24, 2.45) is 5.92 Å². The molecule has 1 aliphatic heterocycles. The summed E-state index contributed by atoms with van der Waals surface area (Å²) < 4.78 is 11.1. The van der Waals surface area contributed by atoms with Gasteiger partial charge in [0.2, 0.25) is 0 Å². The van der Waals surface area contributed by atoms with Gasteiger partial charge >= 0.3 is 0 Å². The van der Waals surface area contributed by atoms with Gasteiger partial charge in [0, 0.05) is 31.1 Å². The molecule has 3 nitrogen and oxygen atoms in total. The Balaban J connectivity index is 1.86. The van der Waals surface area contributed by atoms with Crippen LogP contribution in [-0.4, -0.2) is 32.4 Å². The van der Waals surface area contributed by atoms with Crippen molar-refractivity contribution in [3.8, 4) is 5.75 Å². The third kappa shape index (κ3) is 3.85. The van der Waals surface area contributed by atoms with Crippen LogP contribution in [0.1, 0.15) is 19.4 Å². The summed E-state index contributed by atoms with van der Waals surface area (Å²) in [6.07, 6.45) is 1.10. The van der Waals surface area contributed by atoms with E-state index in [9.17, 15) is 0 Å². The van der Waals surface area contributed by atoms with Crippen molar-refractivity contribution in [2.75, 3.05) is 20.3 Å². The van der Waals surface area contributed by atoms with Crippen LogP contribution in [0.15, 0.2) is 18.2 Å². The van der Waals surface area contributed by atoms with Crippen molar-refractivity contribution in [1.82, 2.24) is 5.32 Å². The Morgan fingerprint density at radius 2 is 2.26 bits per heavy atom. The summed E-state index contributed by atoms with van der Waals surface area (Å²) >= 11 is 5.99. The van der Waals surface area contributed by atoms with Crippen molar-refractivity contribution >= 4 is 11.6 Å². The van der Waals surface area contributed by atoms with E-state index in [0.29, 0.717) is 12.0 Å². The van der Waals surface area contributed by atoms with Crippen LogP contribution in [0.25, 0.3) is 0 Å². The van der Waals surface area contributed by atoms with Gasteiger partial charge in [0.1, 0.15) is 11.9 Å². The molecule has 0 bridgehead atoms. The molecule has 0 saturated heterocycles. The number of fused-ring (bicyclic) bond motifs is 1. The maximum Gasteiger partial charge on any atom is 0.123 e. The van der Waals surface area contributed by atoms with E-state index in [0.717, 1.165) is 30.3 Å². The molecule has 0 radical (unpaired) electrons. The molecule has 2 unspecified atom stereocenters. The van der Waals surface area contributed by atoms with Crippen LogP contribution in [0.5, 0.6) is 5.75 Å². The van der Waals surface area contributed by atoms with Gasteiger partial charge in [-0.3, -0.25) is 0 Å². The van der Waals surface area contributed by atoms with E-state index in [1.165, 1.54) is 5.56 Å². The number of halogens is 1. The Hall–Kier alpha value is -0.770. The second-order valence-electron chi connectivity index (χ2n) is 5.41. The number of nitrogens with one attached hydrogen (secondary N) is 1. The topological polar surface area (TPSA) is 30.5 Å². The minimum Gasteiger partial charge on any atom is -0.488 e. The number of methoxy groups -OCH3 is 1. The lowest BCUT2D eigenvalue weighted by Gasteiger charge is -2.23. The smallest absolute Gasteiger partial charge is 0.123 e. The normalized spacial score (nSPS) is 19.3. The van der Waals surface area contributed by atoms with Crippen LogP contribution in [0, 0.1) is 5.92 Å². The quantitative estimate of drug-likeness (QED) is 0.871. The number of benzene rings is 1. The third-order valence-electron chi connectivity index (χ3n) is 3.52. The molecule has 0 aromatic heterocycles. The Morgan fingerprint density at radius 1 is 1.47 bits per heavy atom. The van der Waals surface area contributed by atoms with Crippen molar-refractivity contribution in [3.05, 3.63) is 28.8 Å². The van der Waals surface area contributed by atoms with Crippen molar-refractivity contribution in [1.29, 1.82) is 0 Å². The lowest BCUT2D eigenvalue weighted by Crippen LogP contribution is -2.42. The Morgan fingerprint density at radius 3 is 2.95 bits per heavy atom. The highest BCUT2D eigenvalue weighted by atomic mass is 35.5. The zero-order valence-corrected chi connectivity index (χ0v) is 12.5.